The largest absolute Gasteiger partial charge is 0.352 e. The number of carbonyl (C=O) groups excluding carboxylic acids is 2. The van der Waals surface area contributed by atoms with Crippen molar-refractivity contribution in [3.8, 4) is 0 Å². The molecule has 2 amide bonds. The van der Waals surface area contributed by atoms with Gasteiger partial charge in [0.05, 0.1) is 5.75 Å². The van der Waals surface area contributed by atoms with Crippen molar-refractivity contribution in [1.29, 1.82) is 0 Å². The number of nitrogens with zero attached hydrogens (tertiary/aromatic N) is 1. The summed E-state index contributed by atoms with van der Waals surface area (Å²) >= 11 is 1.54. The van der Waals surface area contributed by atoms with E-state index in [4.69, 9.17) is 0 Å². The Bertz CT molecular complexity index is 839. The van der Waals surface area contributed by atoms with Crippen molar-refractivity contribution in [2.24, 2.45) is 0 Å². The highest BCUT2D eigenvalue weighted by Crippen LogP contribution is 2.18. The molecule has 0 bridgehead atoms. The number of nitrogens with one attached hydrogen (secondary N) is 1. The van der Waals surface area contributed by atoms with Gasteiger partial charge in [-0.3, -0.25) is 9.59 Å². The fraction of sp³-hybridized carbons (Fsp3) is 0.417. The molecule has 1 unspecified atom stereocenters. The van der Waals surface area contributed by atoms with Crippen molar-refractivity contribution in [3.05, 3.63) is 71.0 Å². The number of hydrogen-bond donors (Lipinski definition) is 1. The van der Waals surface area contributed by atoms with Crippen molar-refractivity contribution in [3.63, 3.8) is 0 Å². The van der Waals surface area contributed by atoms with Crippen LogP contribution >= 0.6 is 11.8 Å². The summed E-state index contributed by atoms with van der Waals surface area (Å²) in [4.78, 5) is 27.5. The van der Waals surface area contributed by atoms with Gasteiger partial charge in [-0.25, -0.2) is 4.39 Å². The molecule has 0 spiro atoms. The fourth-order valence-corrected chi connectivity index (χ4v) is 4.09. The predicted molar refractivity (Wildman–Crippen MR) is 122 cm³/mol. The van der Waals surface area contributed by atoms with Crippen LogP contribution in [0.3, 0.4) is 0 Å². The van der Waals surface area contributed by atoms with E-state index in [-0.39, 0.29) is 36.0 Å². The monoisotopic (exact) mass is 430 g/mol. The maximum atomic E-state index is 13.3. The van der Waals surface area contributed by atoms with E-state index in [0.29, 0.717) is 6.42 Å². The Morgan fingerprint density at radius 2 is 1.80 bits per heavy atom. The quantitative estimate of drug-likeness (QED) is 0.594. The predicted octanol–water partition coefficient (Wildman–Crippen LogP) is 4.70. The van der Waals surface area contributed by atoms with Crippen LogP contribution in [0.1, 0.15) is 43.9 Å². The third-order valence-corrected chi connectivity index (χ3v) is 5.65. The van der Waals surface area contributed by atoms with Crippen molar-refractivity contribution in [2.45, 2.75) is 58.5 Å². The van der Waals surface area contributed by atoms with E-state index in [1.54, 1.807) is 17.0 Å². The molecule has 0 heterocycles. The molecule has 0 radical (unpaired) electrons. The normalized spacial score (nSPS) is 11.9. The smallest absolute Gasteiger partial charge is 0.243 e. The van der Waals surface area contributed by atoms with Gasteiger partial charge in [-0.15, -0.1) is 11.8 Å². The number of halogens is 1. The molecule has 2 aromatic carbocycles. The van der Waals surface area contributed by atoms with Crippen molar-refractivity contribution in [2.75, 3.05) is 5.75 Å². The molecule has 0 aliphatic rings. The van der Waals surface area contributed by atoms with E-state index < -0.39 is 6.04 Å². The first kappa shape index (κ1) is 23.9. The molecule has 30 heavy (non-hydrogen) atoms. The zero-order valence-corrected chi connectivity index (χ0v) is 19.0. The van der Waals surface area contributed by atoms with Crippen LogP contribution in [0.25, 0.3) is 0 Å². The van der Waals surface area contributed by atoms with E-state index in [2.05, 4.69) is 11.4 Å². The zero-order valence-electron chi connectivity index (χ0n) is 18.2. The molecule has 6 heteroatoms. The SMILES string of the molecule is CCC(C(=O)NC(C)C)N(Cc1ccc(F)cc1)C(=O)CSCc1cccc(C)c1. The average molecular weight is 431 g/mol. The molecule has 4 nitrogen and oxygen atoms in total. The maximum absolute atomic E-state index is 13.3. The van der Waals surface area contributed by atoms with E-state index in [9.17, 15) is 14.0 Å². The highest BCUT2D eigenvalue weighted by molar-refractivity contribution is 7.99. The zero-order chi connectivity index (χ0) is 22.1. The minimum Gasteiger partial charge on any atom is -0.352 e. The molecule has 0 aromatic heterocycles. The van der Waals surface area contributed by atoms with Crippen molar-refractivity contribution >= 4 is 23.6 Å². The summed E-state index contributed by atoms with van der Waals surface area (Å²) in [5.41, 5.74) is 3.15. The van der Waals surface area contributed by atoms with Crippen LogP contribution in [0, 0.1) is 12.7 Å². The summed E-state index contributed by atoms with van der Waals surface area (Å²) in [7, 11) is 0. The Labute approximate surface area is 183 Å². The van der Waals surface area contributed by atoms with E-state index in [1.165, 1.54) is 35.0 Å². The lowest BCUT2D eigenvalue weighted by molar-refractivity contribution is -0.139. The van der Waals surface area contributed by atoms with Gasteiger partial charge in [-0.2, -0.15) is 0 Å². The lowest BCUT2D eigenvalue weighted by Gasteiger charge is -2.31. The van der Waals surface area contributed by atoms with E-state index in [0.717, 1.165) is 11.3 Å². The summed E-state index contributed by atoms with van der Waals surface area (Å²) < 4.78 is 13.3. The lowest BCUT2D eigenvalue weighted by atomic mass is 10.1. The first-order chi connectivity index (χ1) is 14.3. The molecular weight excluding hydrogens is 399 g/mol. The molecular formula is C24H31FN2O2S. The first-order valence-electron chi connectivity index (χ1n) is 10.3. The van der Waals surface area contributed by atoms with Crippen LogP contribution in [0.15, 0.2) is 48.5 Å². The number of amides is 2. The first-order valence-corrected chi connectivity index (χ1v) is 11.4. The Morgan fingerprint density at radius 1 is 1.10 bits per heavy atom. The lowest BCUT2D eigenvalue weighted by Crippen LogP contribution is -2.50. The second kappa shape index (κ2) is 11.7. The summed E-state index contributed by atoms with van der Waals surface area (Å²) in [5.74, 6) is 0.428. The van der Waals surface area contributed by atoms with Crippen LogP contribution in [0.5, 0.6) is 0 Å². The van der Waals surface area contributed by atoms with Gasteiger partial charge in [-0.1, -0.05) is 48.9 Å². The standard InChI is InChI=1S/C24H31FN2O2S/c1-5-22(24(29)26-17(2)3)27(14-19-9-11-21(25)12-10-19)23(28)16-30-15-20-8-6-7-18(4)13-20/h6-13,17,22H,5,14-16H2,1-4H3,(H,26,29). The number of carbonyl (C=O) groups is 2. The fourth-order valence-electron chi connectivity index (χ4n) is 3.23. The van der Waals surface area contributed by atoms with Crippen molar-refractivity contribution in [1.82, 2.24) is 10.2 Å². The van der Waals surface area contributed by atoms with Gasteiger partial charge in [0.1, 0.15) is 11.9 Å². The van der Waals surface area contributed by atoms with Crippen LogP contribution in [-0.2, 0) is 21.9 Å². The van der Waals surface area contributed by atoms with Crippen LogP contribution in [0.4, 0.5) is 4.39 Å². The highest BCUT2D eigenvalue weighted by atomic mass is 32.2. The topological polar surface area (TPSA) is 49.4 Å². The van der Waals surface area contributed by atoms with Gasteiger partial charge < -0.3 is 10.2 Å². The van der Waals surface area contributed by atoms with Gasteiger partial charge >= 0.3 is 0 Å². The Morgan fingerprint density at radius 3 is 2.40 bits per heavy atom. The van der Waals surface area contributed by atoms with Gasteiger partial charge in [0.25, 0.3) is 0 Å². The number of aryl methyl sites for hydroxylation is 1. The Kier molecular flexibility index (Phi) is 9.37. The number of hydrogen-bond acceptors (Lipinski definition) is 3. The molecule has 162 valence electrons. The molecule has 1 N–H and O–H groups in total. The second-order valence-corrected chi connectivity index (χ2v) is 8.70. The Balaban J connectivity index is 2.12. The summed E-state index contributed by atoms with van der Waals surface area (Å²) in [6.45, 7) is 8.01. The summed E-state index contributed by atoms with van der Waals surface area (Å²) in [6.07, 6.45) is 0.508. The Hall–Kier alpha value is -2.34. The molecule has 0 aliphatic carbocycles. The third-order valence-electron chi connectivity index (χ3n) is 4.66. The molecule has 0 aliphatic heterocycles. The summed E-state index contributed by atoms with van der Waals surface area (Å²) in [5, 5.41) is 2.91. The van der Waals surface area contributed by atoms with E-state index >= 15 is 0 Å². The van der Waals surface area contributed by atoms with Crippen molar-refractivity contribution < 1.29 is 14.0 Å². The average Bonchev–Trinajstić information content (AvgIpc) is 2.68. The van der Waals surface area contributed by atoms with Crippen LogP contribution in [0.2, 0.25) is 0 Å². The second-order valence-electron chi connectivity index (χ2n) is 7.72. The minimum atomic E-state index is -0.565. The molecule has 0 fully saturated rings. The van der Waals surface area contributed by atoms with E-state index in [1.807, 2.05) is 45.9 Å². The number of thioether (sulfide) groups is 1. The van der Waals surface area contributed by atoms with Crippen LogP contribution in [-0.4, -0.2) is 34.6 Å². The van der Waals surface area contributed by atoms with Gasteiger partial charge in [-0.05, 0) is 50.5 Å². The molecule has 0 saturated heterocycles. The highest BCUT2D eigenvalue weighted by Gasteiger charge is 2.28. The number of benzene rings is 2. The van der Waals surface area contributed by atoms with Gasteiger partial charge in [0.2, 0.25) is 11.8 Å². The summed E-state index contributed by atoms with van der Waals surface area (Å²) in [6, 6.07) is 13.7. The molecule has 1 atom stereocenters. The maximum Gasteiger partial charge on any atom is 0.243 e. The van der Waals surface area contributed by atoms with Gasteiger partial charge in [0.15, 0.2) is 0 Å². The minimum absolute atomic E-state index is 0.00924. The molecule has 2 rings (SSSR count). The van der Waals surface area contributed by atoms with Gasteiger partial charge in [0, 0.05) is 18.3 Å². The third kappa shape index (κ3) is 7.48. The molecule has 2 aromatic rings. The van der Waals surface area contributed by atoms with Crippen LogP contribution < -0.4 is 5.32 Å². The molecule has 0 saturated carbocycles. The number of rotatable bonds is 10.